The van der Waals surface area contributed by atoms with Crippen molar-refractivity contribution < 1.29 is 4.84 Å². The first-order valence-electron chi connectivity index (χ1n) is 5.59. The Hall–Kier alpha value is -0.280. The second-order valence-corrected chi connectivity index (χ2v) is 4.86. The average molecular weight is 260 g/mol. The molecule has 0 spiro atoms. The van der Waals surface area contributed by atoms with E-state index in [1.807, 2.05) is 18.2 Å². The highest BCUT2D eigenvalue weighted by atomic mass is 35.5. The predicted octanol–water partition coefficient (Wildman–Crippen LogP) is 3.96. The number of hydroxylamine groups is 1. The van der Waals surface area contributed by atoms with Crippen LogP contribution in [0.2, 0.25) is 10.0 Å². The number of nitrogens with one attached hydrogen (secondary N) is 1. The highest BCUT2D eigenvalue weighted by Gasteiger charge is 2.15. The summed E-state index contributed by atoms with van der Waals surface area (Å²) in [6.45, 7) is 0.551. The maximum atomic E-state index is 6.04. The van der Waals surface area contributed by atoms with Gasteiger partial charge in [-0.15, -0.1) is 0 Å². The smallest absolute Gasteiger partial charge is 0.0790 e. The van der Waals surface area contributed by atoms with Crippen LogP contribution in [0.3, 0.4) is 0 Å². The van der Waals surface area contributed by atoms with E-state index in [1.54, 1.807) is 0 Å². The fraction of sp³-hybridized carbons (Fsp3) is 0.500. The molecule has 0 aromatic heterocycles. The summed E-state index contributed by atoms with van der Waals surface area (Å²) < 4.78 is 0. The number of benzene rings is 1. The Bertz CT molecular complexity index is 331. The molecule has 2 rings (SSSR count). The molecular weight excluding hydrogens is 245 g/mol. The van der Waals surface area contributed by atoms with Crippen LogP contribution in [0.5, 0.6) is 0 Å². The lowest BCUT2D eigenvalue weighted by atomic mass is 10.2. The van der Waals surface area contributed by atoms with Crippen LogP contribution in [0.25, 0.3) is 0 Å². The first-order valence-corrected chi connectivity index (χ1v) is 6.34. The summed E-state index contributed by atoms with van der Waals surface area (Å²) in [4.78, 5) is 5.55. The lowest BCUT2D eigenvalue weighted by Crippen LogP contribution is -2.21. The third-order valence-electron chi connectivity index (χ3n) is 2.86. The van der Waals surface area contributed by atoms with Crippen molar-refractivity contribution >= 4 is 23.2 Å². The molecule has 0 heterocycles. The van der Waals surface area contributed by atoms with Crippen molar-refractivity contribution in [3.8, 4) is 0 Å². The second-order valence-electron chi connectivity index (χ2n) is 4.05. The van der Waals surface area contributed by atoms with Gasteiger partial charge in [-0.25, -0.2) is 0 Å². The molecule has 0 unspecified atom stereocenters. The molecule has 0 aliphatic heterocycles. The van der Waals surface area contributed by atoms with Gasteiger partial charge < -0.3 is 0 Å². The van der Waals surface area contributed by atoms with Gasteiger partial charge in [-0.1, -0.05) is 42.1 Å². The molecule has 0 radical (unpaired) electrons. The fourth-order valence-electron chi connectivity index (χ4n) is 1.94. The van der Waals surface area contributed by atoms with E-state index in [4.69, 9.17) is 28.0 Å². The monoisotopic (exact) mass is 259 g/mol. The van der Waals surface area contributed by atoms with Crippen LogP contribution in [0.15, 0.2) is 18.2 Å². The van der Waals surface area contributed by atoms with Crippen molar-refractivity contribution in [1.82, 2.24) is 5.48 Å². The SMILES string of the molecule is Clc1cccc(Cl)c1CNOC1CCCC1. The van der Waals surface area contributed by atoms with Crippen LogP contribution < -0.4 is 5.48 Å². The van der Waals surface area contributed by atoms with Gasteiger partial charge >= 0.3 is 0 Å². The van der Waals surface area contributed by atoms with Gasteiger partial charge in [0.25, 0.3) is 0 Å². The largest absolute Gasteiger partial charge is 0.298 e. The van der Waals surface area contributed by atoms with E-state index in [0.717, 1.165) is 18.4 Å². The quantitative estimate of drug-likeness (QED) is 0.827. The highest BCUT2D eigenvalue weighted by Crippen LogP contribution is 2.24. The zero-order chi connectivity index (χ0) is 11.4. The second kappa shape index (κ2) is 5.87. The predicted molar refractivity (Wildman–Crippen MR) is 66.6 cm³/mol. The summed E-state index contributed by atoms with van der Waals surface area (Å²) in [5.41, 5.74) is 3.85. The van der Waals surface area contributed by atoms with Crippen molar-refractivity contribution in [3.63, 3.8) is 0 Å². The molecule has 0 atom stereocenters. The van der Waals surface area contributed by atoms with Crippen molar-refractivity contribution in [2.24, 2.45) is 0 Å². The van der Waals surface area contributed by atoms with Crippen LogP contribution in [0.4, 0.5) is 0 Å². The Morgan fingerprint density at radius 1 is 1.19 bits per heavy atom. The van der Waals surface area contributed by atoms with Crippen LogP contribution in [0.1, 0.15) is 31.2 Å². The topological polar surface area (TPSA) is 21.3 Å². The van der Waals surface area contributed by atoms with Gasteiger partial charge in [-0.3, -0.25) is 4.84 Å². The van der Waals surface area contributed by atoms with Crippen molar-refractivity contribution in [2.75, 3.05) is 0 Å². The van der Waals surface area contributed by atoms with Gasteiger partial charge in [0.05, 0.1) is 6.10 Å². The molecule has 1 N–H and O–H groups in total. The molecule has 1 fully saturated rings. The van der Waals surface area contributed by atoms with Crippen LogP contribution >= 0.6 is 23.2 Å². The van der Waals surface area contributed by atoms with E-state index in [2.05, 4.69) is 5.48 Å². The van der Waals surface area contributed by atoms with E-state index < -0.39 is 0 Å². The fourth-order valence-corrected chi connectivity index (χ4v) is 2.47. The van der Waals surface area contributed by atoms with E-state index in [9.17, 15) is 0 Å². The minimum Gasteiger partial charge on any atom is -0.298 e. The van der Waals surface area contributed by atoms with Gasteiger partial charge in [-0.05, 0) is 25.0 Å². The summed E-state index contributed by atoms with van der Waals surface area (Å²) in [6, 6.07) is 5.51. The third-order valence-corrected chi connectivity index (χ3v) is 3.57. The molecule has 16 heavy (non-hydrogen) atoms. The normalized spacial score (nSPS) is 16.9. The highest BCUT2D eigenvalue weighted by molar-refractivity contribution is 6.35. The zero-order valence-electron chi connectivity index (χ0n) is 9.01. The van der Waals surface area contributed by atoms with Gasteiger partial charge in [0.1, 0.15) is 0 Å². The lowest BCUT2D eigenvalue weighted by molar-refractivity contribution is -0.0243. The molecule has 1 aliphatic rings. The Morgan fingerprint density at radius 3 is 2.44 bits per heavy atom. The summed E-state index contributed by atoms with van der Waals surface area (Å²) in [6.07, 6.45) is 5.16. The molecule has 1 aliphatic carbocycles. The Kier molecular flexibility index (Phi) is 4.47. The minimum atomic E-state index is 0.348. The first-order chi connectivity index (χ1) is 7.77. The molecule has 88 valence electrons. The van der Waals surface area contributed by atoms with Crippen molar-refractivity contribution in [3.05, 3.63) is 33.8 Å². The van der Waals surface area contributed by atoms with E-state index in [0.29, 0.717) is 22.7 Å². The van der Waals surface area contributed by atoms with Crippen LogP contribution in [0, 0.1) is 0 Å². The molecule has 0 bridgehead atoms. The summed E-state index contributed by atoms with van der Waals surface area (Å²) in [5, 5.41) is 1.35. The minimum absolute atomic E-state index is 0.348. The lowest BCUT2D eigenvalue weighted by Gasteiger charge is -2.13. The molecule has 2 nitrogen and oxygen atoms in total. The molecule has 0 saturated heterocycles. The van der Waals surface area contributed by atoms with E-state index in [1.165, 1.54) is 12.8 Å². The number of rotatable bonds is 4. The summed E-state index contributed by atoms with van der Waals surface area (Å²) in [5.74, 6) is 0. The molecule has 1 saturated carbocycles. The van der Waals surface area contributed by atoms with E-state index >= 15 is 0 Å². The van der Waals surface area contributed by atoms with Gasteiger partial charge in [0.15, 0.2) is 0 Å². The molecule has 4 heteroatoms. The van der Waals surface area contributed by atoms with Crippen molar-refractivity contribution in [2.45, 2.75) is 38.3 Å². The molecule has 1 aromatic carbocycles. The average Bonchev–Trinajstić information content (AvgIpc) is 2.75. The Balaban J connectivity index is 1.84. The van der Waals surface area contributed by atoms with Crippen LogP contribution in [-0.2, 0) is 11.4 Å². The summed E-state index contributed by atoms with van der Waals surface area (Å²) >= 11 is 12.1. The Morgan fingerprint density at radius 2 is 1.81 bits per heavy atom. The van der Waals surface area contributed by atoms with Crippen LogP contribution in [-0.4, -0.2) is 6.10 Å². The maximum Gasteiger partial charge on any atom is 0.0790 e. The number of hydrogen-bond donors (Lipinski definition) is 1. The van der Waals surface area contributed by atoms with Crippen molar-refractivity contribution in [1.29, 1.82) is 0 Å². The maximum absolute atomic E-state index is 6.04. The first kappa shape index (κ1) is 12.2. The van der Waals surface area contributed by atoms with E-state index in [-0.39, 0.29) is 0 Å². The molecule has 1 aromatic rings. The standard InChI is InChI=1S/C12H15Cl2NO/c13-11-6-3-7-12(14)10(11)8-15-16-9-4-1-2-5-9/h3,6-7,9,15H,1-2,4-5,8H2. The van der Waals surface area contributed by atoms with Gasteiger partial charge in [0.2, 0.25) is 0 Å². The molecule has 0 amide bonds. The zero-order valence-corrected chi connectivity index (χ0v) is 10.5. The number of hydrogen-bond acceptors (Lipinski definition) is 2. The third kappa shape index (κ3) is 3.11. The van der Waals surface area contributed by atoms with Gasteiger partial charge in [-0.2, -0.15) is 5.48 Å². The summed E-state index contributed by atoms with van der Waals surface area (Å²) in [7, 11) is 0. The Labute approximate surface area is 106 Å². The number of halogens is 2. The molecular formula is C12H15Cl2NO. The van der Waals surface area contributed by atoms with Gasteiger partial charge in [0, 0.05) is 22.2 Å².